The number of esters is 1. The summed E-state index contributed by atoms with van der Waals surface area (Å²) in [5, 5.41) is 2.94. The second-order valence-electron chi connectivity index (χ2n) is 4.08. The molecule has 0 spiro atoms. The lowest BCUT2D eigenvalue weighted by atomic mass is 9.93. The zero-order chi connectivity index (χ0) is 12.4. The standard InChI is InChI=1S/C12H13F2NO2/c1-17-12(16)8-5-11(10(14)6-9(8)13)15-7-3-2-4-7/h5-7,15H,2-4H2,1H3. The molecule has 1 aromatic carbocycles. The van der Waals surface area contributed by atoms with E-state index in [1.165, 1.54) is 0 Å². The molecule has 3 nitrogen and oxygen atoms in total. The van der Waals surface area contributed by atoms with Gasteiger partial charge >= 0.3 is 5.97 Å². The minimum Gasteiger partial charge on any atom is -0.465 e. The Kier molecular flexibility index (Phi) is 3.26. The van der Waals surface area contributed by atoms with Crippen molar-refractivity contribution in [2.45, 2.75) is 25.3 Å². The number of nitrogens with one attached hydrogen (secondary N) is 1. The summed E-state index contributed by atoms with van der Waals surface area (Å²) in [5.41, 5.74) is -0.104. The number of rotatable bonds is 3. The molecule has 1 aliphatic carbocycles. The van der Waals surface area contributed by atoms with Crippen LogP contribution in [0, 0.1) is 11.6 Å². The van der Waals surface area contributed by atoms with E-state index in [9.17, 15) is 13.6 Å². The third-order valence-corrected chi connectivity index (χ3v) is 2.93. The van der Waals surface area contributed by atoms with Gasteiger partial charge in [-0.3, -0.25) is 0 Å². The lowest BCUT2D eigenvalue weighted by molar-refractivity contribution is 0.0595. The molecular formula is C12H13F2NO2. The summed E-state index contributed by atoms with van der Waals surface area (Å²) in [6.45, 7) is 0. The monoisotopic (exact) mass is 241 g/mol. The van der Waals surface area contributed by atoms with Crippen LogP contribution in [-0.2, 0) is 4.74 Å². The maximum absolute atomic E-state index is 13.5. The number of hydrogen-bond donors (Lipinski definition) is 1. The Morgan fingerprint density at radius 2 is 2.06 bits per heavy atom. The number of ether oxygens (including phenoxy) is 1. The molecule has 1 aliphatic rings. The molecule has 17 heavy (non-hydrogen) atoms. The summed E-state index contributed by atoms with van der Waals surface area (Å²) in [4.78, 5) is 11.3. The van der Waals surface area contributed by atoms with Crippen LogP contribution in [0.2, 0.25) is 0 Å². The smallest absolute Gasteiger partial charge is 0.340 e. The zero-order valence-corrected chi connectivity index (χ0v) is 9.43. The predicted molar refractivity (Wildman–Crippen MR) is 59.0 cm³/mol. The van der Waals surface area contributed by atoms with Crippen LogP contribution in [0.5, 0.6) is 0 Å². The van der Waals surface area contributed by atoms with Crippen molar-refractivity contribution in [2.75, 3.05) is 12.4 Å². The molecule has 0 heterocycles. The van der Waals surface area contributed by atoms with Crippen LogP contribution in [-0.4, -0.2) is 19.1 Å². The number of anilines is 1. The second kappa shape index (κ2) is 4.69. The fraction of sp³-hybridized carbons (Fsp3) is 0.417. The first-order valence-electron chi connectivity index (χ1n) is 5.45. The maximum atomic E-state index is 13.5. The minimum absolute atomic E-state index is 0.150. The van der Waals surface area contributed by atoms with Crippen molar-refractivity contribution in [2.24, 2.45) is 0 Å². The van der Waals surface area contributed by atoms with Crippen molar-refractivity contribution in [1.82, 2.24) is 0 Å². The summed E-state index contributed by atoms with van der Waals surface area (Å²) >= 11 is 0. The lowest BCUT2D eigenvalue weighted by Crippen LogP contribution is -2.27. The molecule has 1 N–H and O–H groups in total. The maximum Gasteiger partial charge on any atom is 0.340 e. The van der Waals surface area contributed by atoms with Gasteiger partial charge in [-0.2, -0.15) is 0 Å². The fourth-order valence-electron chi connectivity index (χ4n) is 1.70. The van der Waals surface area contributed by atoms with Crippen molar-refractivity contribution >= 4 is 11.7 Å². The molecular weight excluding hydrogens is 228 g/mol. The number of halogens is 2. The average Bonchev–Trinajstić information content (AvgIpc) is 2.24. The van der Waals surface area contributed by atoms with Crippen molar-refractivity contribution in [3.05, 3.63) is 29.3 Å². The van der Waals surface area contributed by atoms with E-state index in [1.54, 1.807) is 0 Å². The predicted octanol–water partition coefficient (Wildman–Crippen LogP) is 2.72. The van der Waals surface area contributed by atoms with Crippen molar-refractivity contribution in [1.29, 1.82) is 0 Å². The van der Waals surface area contributed by atoms with Crippen molar-refractivity contribution < 1.29 is 18.3 Å². The van der Waals surface area contributed by atoms with Gasteiger partial charge in [-0.25, -0.2) is 13.6 Å². The quantitative estimate of drug-likeness (QED) is 0.827. The Balaban J connectivity index is 2.27. The van der Waals surface area contributed by atoms with E-state index < -0.39 is 17.6 Å². The molecule has 92 valence electrons. The van der Waals surface area contributed by atoms with Gasteiger partial charge < -0.3 is 10.1 Å². The highest BCUT2D eigenvalue weighted by Crippen LogP contribution is 2.26. The Hall–Kier alpha value is -1.65. The third kappa shape index (κ3) is 2.38. The van der Waals surface area contributed by atoms with Crippen LogP contribution in [0.1, 0.15) is 29.6 Å². The molecule has 1 saturated carbocycles. The Bertz CT molecular complexity index is 444. The highest BCUT2D eigenvalue weighted by molar-refractivity contribution is 5.90. The molecule has 1 fully saturated rings. The van der Waals surface area contributed by atoms with Crippen LogP contribution < -0.4 is 5.32 Å². The number of benzene rings is 1. The number of hydrogen-bond acceptors (Lipinski definition) is 3. The molecule has 0 atom stereocenters. The normalized spacial score (nSPS) is 15.2. The van der Waals surface area contributed by atoms with Gasteiger partial charge in [-0.05, 0) is 25.3 Å². The topological polar surface area (TPSA) is 38.3 Å². The first kappa shape index (κ1) is 11.8. The molecule has 0 aromatic heterocycles. The number of carbonyl (C=O) groups is 1. The molecule has 0 aliphatic heterocycles. The van der Waals surface area contributed by atoms with Crippen molar-refractivity contribution in [3.63, 3.8) is 0 Å². The van der Waals surface area contributed by atoms with E-state index in [-0.39, 0.29) is 17.3 Å². The summed E-state index contributed by atoms with van der Waals surface area (Å²) in [6, 6.07) is 2.07. The molecule has 0 amide bonds. The zero-order valence-electron chi connectivity index (χ0n) is 9.43. The third-order valence-electron chi connectivity index (χ3n) is 2.93. The molecule has 1 aromatic rings. The molecule has 0 radical (unpaired) electrons. The number of methoxy groups -OCH3 is 1. The van der Waals surface area contributed by atoms with Crippen molar-refractivity contribution in [3.8, 4) is 0 Å². The van der Waals surface area contributed by atoms with Crippen LogP contribution in [0.15, 0.2) is 12.1 Å². The van der Waals surface area contributed by atoms with Gasteiger partial charge in [0.1, 0.15) is 11.6 Å². The van der Waals surface area contributed by atoms with E-state index in [4.69, 9.17) is 0 Å². The van der Waals surface area contributed by atoms with E-state index in [0.29, 0.717) is 6.07 Å². The SMILES string of the molecule is COC(=O)c1cc(NC2CCC2)c(F)cc1F. The highest BCUT2D eigenvalue weighted by atomic mass is 19.1. The number of carbonyl (C=O) groups excluding carboxylic acids is 1. The average molecular weight is 241 g/mol. The second-order valence-corrected chi connectivity index (χ2v) is 4.08. The van der Waals surface area contributed by atoms with Crippen LogP contribution in [0.3, 0.4) is 0 Å². The summed E-state index contributed by atoms with van der Waals surface area (Å²) in [5.74, 6) is -2.41. The van der Waals surface area contributed by atoms with E-state index in [2.05, 4.69) is 10.1 Å². The minimum atomic E-state index is -0.909. The summed E-state index contributed by atoms with van der Waals surface area (Å²) < 4.78 is 31.2. The highest BCUT2D eigenvalue weighted by Gasteiger charge is 2.21. The van der Waals surface area contributed by atoms with Gasteiger partial charge in [0.25, 0.3) is 0 Å². The van der Waals surface area contributed by atoms with Gasteiger partial charge in [0.2, 0.25) is 0 Å². The Morgan fingerprint density at radius 3 is 2.59 bits per heavy atom. The molecule has 0 unspecified atom stereocenters. The first-order valence-corrected chi connectivity index (χ1v) is 5.45. The van der Waals surface area contributed by atoms with E-state index in [0.717, 1.165) is 32.4 Å². The van der Waals surface area contributed by atoms with E-state index in [1.807, 2.05) is 0 Å². The van der Waals surface area contributed by atoms with Gasteiger partial charge in [-0.15, -0.1) is 0 Å². The summed E-state index contributed by atoms with van der Waals surface area (Å²) in [7, 11) is 1.16. The Morgan fingerprint density at radius 1 is 1.35 bits per heavy atom. The summed E-state index contributed by atoms with van der Waals surface area (Å²) in [6.07, 6.45) is 3.03. The first-order chi connectivity index (χ1) is 8.11. The fourth-order valence-corrected chi connectivity index (χ4v) is 1.70. The molecule has 0 saturated heterocycles. The van der Waals surface area contributed by atoms with Crippen LogP contribution >= 0.6 is 0 Å². The van der Waals surface area contributed by atoms with E-state index >= 15 is 0 Å². The molecule has 0 bridgehead atoms. The van der Waals surface area contributed by atoms with Gasteiger partial charge in [-0.1, -0.05) is 0 Å². The lowest BCUT2D eigenvalue weighted by Gasteiger charge is -2.27. The van der Waals surface area contributed by atoms with Crippen LogP contribution in [0.4, 0.5) is 14.5 Å². The Labute approximate surface area is 97.8 Å². The van der Waals surface area contributed by atoms with Crippen LogP contribution in [0.25, 0.3) is 0 Å². The molecule has 5 heteroatoms. The largest absolute Gasteiger partial charge is 0.465 e. The van der Waals surface area contributed by atoms with Gasteiger partial charge in [0.05, 0.1) is 18.4 Å². The van der Waals surface area contributed by atoms with Gasteiger partial charge in [0.15, 0.2) is 0 Å². The van der Waals surface area contributed by atoms with Gasteiger partial charge in [0, 0.05) is 12.1 Å². The molecule has 2 rings (SSSR count).